The van der Waals surface area contributed by atoms with Gasteiger partial charge < -0.3 is 18.9 Å². The standard InChI is InChI=1S/C22H18O2.C14H14O2/c1-23-19-13-11-15-7-3-5-9-17(15)21(19)22-18-10-6-4-8-16(18)12-14-20(22)24-2;1-15-13-9-5-3-7-11(13)12-8-4-6-10-14(12)16-2/h3-14H,1-2H3;3-10H,1-2H3. The number of para-hydroxylation sites is 2. The molecule has 40 heavy (non-hydrogen) atoms. The second kappa shape index (κ2) is 12.3. The van der Waals surface area contributed by atoms with Crippen LogP contribution in [0.4, 0.5) is 0 Å². The summed E-state index contributed by atoms with van der Waals surface area (Å²) in [5.74, 6) is 3.41. The van der Waals surface area contributed by atoms with Gasteiger partial charge in [-0.05, 0) is 45.8 Å². The lowest BCUT2D eigenvalue weighted by molar-refractivity contribution is 0.410. The zero-order valence-electron chi connectivity index (χ0n) is 23.2. The molecule has 6 rings (SSSR count). The highest BCUT2D eigenvalue weighted by molar-refractivity contribution is 6.09. The molecule has 0 heterocycles. The molecule has 0 aromatic heterocycles. The van der Waals surface area contributed by atoms with Gasteiger partial charge >= 0.3 is 0 Å². The molecule has 0 radical (unpaired) electrons. The quantitative estimate of drug-likeness (QED) is 0.216. The number of ether oxygens (including phenoxy) is 4. The molecule has 0 fully saturated rings. The maximum Gasteiger partial charge on any atom is 0.127 e. The smallest absolute Gasteiger partial charge is 0.127 e. The first-order valence-corrected chi connectivity index (χ1v) is 13.1. The average molecular weight is 529 g/mol. The molecule has 0 bridgehead atoms. The van der Waals surface area contributed by atoms with Gasteiger partial charge in [-0.3, -0.25) is 0 Å². The number of fused-ring (bicyclic) bond motifs is 2. The molecular formula is C36H32O4. The summed E-state index contributed by atoms with van der Waals surface area (Å²) >= 11 is 0. The lowest BCUT2D eigenvalue weighted by atomic mass is 9.92. The first-order chi connectivity index (χ1) is 19.7. The van der Waals surface area contributed by atoms with E-state index in [1.54, 1.807) is 28.4 Å². The summed E-state index contributed by atoms with van der Waals surface area (Å²) in [6.07, 6.45) is 0. The molecular weight excluding hydrogens is 496 g/mol. The summed E-state index contributed by atoms with van der Waals surface area (Å²) in [5.41, 5.74) is 4.23. The van der Waals surface area contributed by atoms with Gasteiger partial charge in [0.2, 0.25) is 0 Å². The summed E-state index contributed by atoms with van der Waals surface area (Å²) in [7, 11) is 6.78. The Bertz CT molecular complexity index is 1630. The van der Waals surface area contributed by atoms with Crippen molar-refractivity contribution in [1.82, 2.24) is 0 Å². The molecule has 4 heteroatoms. The van der Waals surface area contributed by atoms with Crippen LogP contribution in [0.25, 0.3) is 43.8 Å². The molecule has 0 aliphatic rings. The third-order valence-electron chi connectivity index (χ3n) is 6.98. The van der Waals surface area contributed by atoms with Crippen LogP contribution in [0.3, 0.4) is 0 Å². The van der Waals surface area contributed by atoms with Gasteiger partial charge in [0, 0.05) is 22.3 Å². The predicted molar refractivity (Wildman–Crippen MR) is 165 cm³/mol. The first-order valence-electron chi connectivity index (χ1n) is 13.1. The van der Waals surface area contributed by atoms with E-state index in [0.29, 0.717) is 0 Å². The van der Waals surface area contributed by atoms with Gasteiger partial charge in [0.05, 0.1) is 28.4 Å². The highest BCUT2D eigenvalue weighted by Gasteiger charge is 2.18. The third-order valence-corrected chi connectivity index (χ3v) is 6.98. The van der Waals surface area contributed by atoms with Gasteiger partial charge in [0.15, 0.2) is 0 Å². The van der Waals surface area contributed by atoms with E-state index in [1.807, 2.05) is 60.7 Å². The Labute approximate surface area is 235 Å². The van der Waals surface area contributed by atoms with E-state index in [4.69, 9.17) is 18.9 Å². The second-order valence-electron chi connectivity index (χ2n) is 9.13. The Morgan fingerprint density at radius 2 is 0.675 bits per heavy atom. The van der Waals surface area contributed by atoms with Crippen molar-refractivity contribution in [2.45, 2.75) is 0 Å². The first kappa shape index (κ1) is 26.6. The fourth-order valence-corrected chi connectivity index (χ4v) is 5.09. The number of rotatable bonds is 6. The van der Waals surface area contributed by atoms with Crippen molar-refractivity contribution in [3.05, 3.63) is 121 Å². The van der Waals surface area contributed by atoms with Gasteiger partial charge in [-0.1, -0.05) is 97.1 Å². The minimum atomic E-state index is 0.850. The van der Waals surface area contributed by atoms with Gasteiger partial charge in [0.1, 0.15) is 23.0 Å². The number of benzene rings is 6. The topological polar surface area (TPSA) is 36.9 Å². The fourth-order valence-electron chi connectivity index (χ4n) is 5.09. The molecule has 0 N–H and O–H groups in total. The van der Waals surface area contributed by atoms with Crippen molar-refractivity contribution < 1.29 is 18.9 Å². The average Bonchev–Trinajstić information content (AvgIpc) is 3.04. The Hall–Kier alpha value is -4.96. The van der Waals surface area contributed by atoms with E-state index in [-0.39, 0.29) is 0 Å². The van der Waals surface area contributed by atoms with Crippen LogP contribution in [0.1, 0.15) is 0 Å². The Balaban J connectivity index is 0.000000176. The van der Waals surface area contributed by atoms with Crippen molar-refractivity contribution in [1.29, 1.82) is 0 Å². The van der Waals surface area contributed by atoms with Gasteiger partial charge in [0.25, 0.3) is 0 Å². The number of hydrogen-bond donors (Lipinski definition) is 0. The molecule has 0 atom stereocenters. The molecule has 0 saturated heterocycles. The maximum atomic E-state index is 5.70. The van der Waals surface area contributed by atoms with E-state index >= 15 is 0 Å². The van der Waals surface area contributed by atoms with Gasteiger partial charge in [-0.15, -0.1) is 0 Å². The number of methoxy groups -OCH3 is 4. The molecule has 0 aliphatic heterocycles. The summed E-state index contributed by atoms with van der Waals surface area (Å²) in [6, 6.07) is 40.8. The second-order valence-corrected chi connectivity index (χ2v) is 9.13. The number of hydrogen-bond acceptors (Lipinski definition) is 4. The molecule has 0 spiro atoms. The monoisotopic (exact) mass is 528 g/mol. The van der Waals surface area contributed by atoms with Crippen molar-refractivity contribution in [2.75, 3.05) is 28.4 Å². The largest absolute Gasteiger partial charge is 0.496 e. The summed E-state index contributed by atoms with van der Waals surface area (Å²) in [5, 5.41) is 4.68. The fraction of sp³-hybridized carbons (Fsp3) is 0.111. The summed E-state index contributed by atoms with van der Waals surface area (Å²) in [6.45, 7) is 0. The van der Waals surface area contributed by atoms with E-state index in [1.165, 1.54) is 10.8 Å². The summed E-state index contributed by atoms with van der Waals surface area (Å²) in [4.78, 5) is 0. The molecule has 0 unspecified atom stereocenters. The van der Waals surface area contributed by atoms with Crippen molar-refractivity contribution in [3.8, 4) is 45.3 Å². The van der Waals surface area contributed by atoms with Gasteiger partial charge in [-0.2, -0.15) is 0 Å². The van der Waals surface area contributed by atoms with Crippen molar-refractivity contribution >= 4 is 21.5 Å². The van der Waals surface area contributed by atoms with Crippen LogP contribution in [0, 0.1) is 0 Å². The predicted octanol–water partition coefficient (Wildman–Crippen LogP) is 9.05. The van der Waals surface area contributed by atoms with Crippen LogP contribution in [0.15, 0.2) is 121 Å². The molecule has 0 saturated carbocycles. The van der Waals surface area contributed by atoms with Crippen LogP contribution >= 0.6 is 0 Å². The SMILES string of the molecule is COc1ccc2ccccc2c1-c1c(OC)ccc2ccccc12.COc1ccccc1-c1ccccc1OC. The zero-order valence-corrected chi connectivity index (χ0v) is 23.2. The highest BCUT2D eigenvalue weighted by atomic mass is 16.5. The molecule has 6 aromatic carbocycles. The van der Waals surface area contributed by atoms with Gasteiger partial charge in [-0.25, -0.2) is 0 Å². The van der Waals surface area contributed by atoms with Crippen LogP contribution < -0.4 is 18.9 Å². The Morgan fingerprint density at radius 3 is 1.07 bits per heavy atom. The molecule has 4 nitrogen and oxygen atoms in total. The van der Waals surface area contributed by atoms with Crippen LogP contribution in [-0.2, 0) is 0 Å². The van der Waals surface area contributed by atoms with Crippen LogP contribution in [0.5, 0.6) is 23.0 Å². The molecule has 6 aromatic rings. The van der Waals surface area contributed by atoms with E-state index in [0.717, 1.165) is 56.0 Å². The minimum absolute atomic E-state index is 0.850. The van der Waals surface area contributed by atoms with E-state index < -0.39 is 0 Å². The zero-order chi connectivity index (χ0) is 27.9. The van der Waals surface area contributed by atoms with Crippen LogP contribution in [0.2, 0.25) is 0 Å². The van der Waals surface area contributed by atoms with E-state index in [2.05, 4.69) is 60.7 Å². The van der Waals surface area contributed by atoms with Crippen molar-refractivity contribution in [3.63, 3.8) is 0 Å². The Kier molecular flexibility index (Phi) is 8.17. The lowest BCUT2D eigenvalue weighted by Gasteiger charge is -2.17. The molecule has 200 valence electrons. The highest BCUT2D eigenvalue weighted by Crippen LogP contribution is 2.45. The lowest BCUT2D eigenvalue weighted by Crippen LogP contribution is -1.94. The summed E-state index contributed by atoms with van der Waals surface area (Å²) < 4.78 is 22.1. The Morgan fingerprint density at radius 1 is 0.325 bits per heavy atom. The molecule has 0 amide bonds. The normalized spacial score (nSPS) is 10.5. The third kappa shape index (κ3) is 5.16. The minimum Gasteiger partial charge on any atom is -0.496 e. The van der Waals surface area contributed by atoms with Crippen LogP contribution in [-0.4, -0.2) is 28.4 Å². The molecule has 0 aliphatic carbocycles. The maximum absolute atomic E-state index is 5.70. The van der Waals surface area contributed by atoms with E-state index in [9.17, 15) is 0 Å². The van der Waals surface area contributed by atoms with Crippen molar-refractivity contribution in [2.24, 2.45) is 0 Å².